The van der Waals surface area contributed by atoms with E-state index in [1.165, 1.54) is 0 Å². The first kappa shape index (κ1) is 17.3. The third-order valence-electron chi connectivity index (χ3n) is 3.44. The fourth-order valence-electron chi connectivity index (χ4n) is 2.23. The molecule has 0 heterocycles. The highest BCUT2D eigenvalue weighted by atomic mass is 35.5. The summed E-state index contributed by atoms with van der Waals surface area (Å²) < 4.78 is 0. The number of halogens is 1. The van der Waals surface area contributed by atoms with Crippen LogP contribution in [0.15, 0.2) is 54.6 Å². The number of aliphatic hydroxyl groups excluding tert-OH is 1. The van der Waals surface area contributed by atoms with E-state index in [0.29, 0.717) is 24.5 Å². The summed E-state index contributed by atoms with van der Waals surface area (Å²) in [6.07, 6.45) is 0.624. The van der Waals surface area contributed by atoms with E-state index in [1.807, 2.05) is 47.4 Å². The number of aliphatic hydroxyl groups is 1. The van der Waals surface area contributed by atoms with E-state index in [0.717, 1.165) is 11.3 Å². The lowest BCUT2D eigenvalue weighted by Crippen LogP contribution is -2.37. The van der Waals surface area contributed by atoms with Crippen LogP contribution in [0.3, 0.4) is 0 Å². The smallest absolute Gasteiger partial charge is 0.239 e. The number of amides is 1. The Kier molecular flexibility index (Phi) is 6.91. The molecule has 122 valence electrons. The number of carbonyl (C=O) groups excluding carboxylic acids is 1. The maximum Gasteiger partial charge on any atom is 0.239 e. The minimum Gasteiger partial charge on any atom is -0.396 e. The number of hydrogen-bond donors (Lipinski definition) is 2. The average Bonchev–Trinajstić information content (AvgIpc) is 2.59. The standard InChI is InChI=1S/C18H21ClN2O2/c19-16-9-7-15(8-10-16)13-20-18(23)14-21(11-4-12-22)17-5-2-1-3-6-17/h1-3,5-10,22H,4,11-14H2,(H,20,23). The third-order valence-corrected chi connectivity index (χ3v) is 3.70. The molecular formula is C18H21ClN2O2. The Morgan fingerprint density at radius 3 is 2.43 bits per heavy atom. The van der Waals surface area contributed by atoms with Gasteiger partial charge in [-0.1, -0.05) is 41.9 Å². The summed E-state index contributed by atoms with van der Waals surface area (Å²) in [7, 11) is 0. The van der Waals surface area contributed by atoms with Crippen molar-refractivity contribution >= 4 is 23.2 Å². The maximum atomic E-state index is 12.2. The molecule has 2 N–H and O–H groups in total. The Labute approximate surface area is 141 Å². The summed E-state index contributed by atoms with van der Waals surface area (Å²) >= 11 is 5.85. The van der Waals surface area contributed by atoms with Gasteiger partial charge in [-0.05, 0) is 36.2 Å². The van der Waals surface area contributed by atoms with Gasteiger partial charge in [-0.15, -0.1) is 0 Å². The van der Waals surface area contributed by atoms with E-state index in [1.54, 1.807) is 12.1 Å². The lowest BCUT2D eigenvalue weighted by Gasteiger charge is -2.24. The number of nitrogens with one attached hydrogen (secondary N) is 1. The van der Waals surface area contributed by atoms with Gasteiger partial charge in [-0.2, -0.15) is 0 Å². The van der Waals surface area contributed by atoms with Gasteiger partial charge >= 0.3 is 0 Å². The van der Waals surface area contributed by atoms with Crippen LogP contribution < -0.4 is 10.2 Å². The minimum absolute atomic E-state index is 0.0539. The van der Waals surface area contributed by atoms with Gasteiger partial charge in [-0.3, -0.25) is 4.79 Å². The molecule has 4 nitrogen and oxygen atoms in total. The van der Waals surface area contributed by atoms with E-state index < -0.39 is 0 Å². The Balaban J connectivity index is 1.90. The zero-order valence-corrected chi connectivity index (χ0v) is 13.7. The second-order valence-electron chi connectivity index (χ2n) is 5.24. The van der Waals surface area contributed by atoms with Gasteiger partial charge in [0, 0.05) is 30.4 Å². The SMILES string of the molecule is O=C(CN(CCCO)c1ccccc1)NCc1ccc(Cl)cc1. The molecule has 0 fully saturated rings. The van der Waals surface area contributed by atoms with Crippen molar-refractivity contribution in [2.75, 3.05) is 24.6 Å². The Bertz CT molecular complexity index is 602. The largest absolute Gasteiger partial charge is 0.396 e. The summed E-state index contributed by atoms with van der Waals surface area (Å²) in [5.41, 5.74) is 1.98. The van der Waals surface area contributed by atoms with E-state index in [-0.39, 0.29) is 19.1 Å². The third kappa shape index (κ3) is 5.93. The summed E-state index contributed by atoms with van der Waals surface area (Å²) in [5, 5.41) is 12.6. The zero-order valence-electron chi connectivity index (χ0n) is 12.9. The van der Waals surface area contributed by atoms with Crippen molar-refractivity contribution in [3.63, 3.8) is 0 Å². The van der Waals surface area contributed by atoms with Crippen LogP contribution in [0.4, 0.5) is 5.69 Å². The molecule has 0 aliphatic rings. The molecule has 5 heteroatoms. The van der Waals surface area contributed by atoms with Gasteiger partial charge in [0.15, 0.2) is 0 Å². The zero-order chi connectivity index (χ0) is 16.5. The van der Waals surface area contributed by atoms with Gasteiger partial charge in [0.25, 0.3) is 0 Å². The van der Waals surface area contributed by atoms with Gasteiger partial charge in [0.05, 0.1) is 6.54 Å². The maximum absolute atomic E-state index is 12.2. The number of rotatable bonds is 8. The molecule has 0 atom stereocenters. The van der Waals surface area contributed by atoms with E-state index >= 15 is 0 Å². The van der Waals surface area contributed by atoms with Crippen molar-refractivity contribution in [2.45, 2.75) is 13.0 Å². The predicted octanol–water partition coefficient (Wildman–Crippen LogP) is 2.85. The van der Waals surface area contributed by atoms with Crippen LogP contribution in [0.1, 0.15) is 12.0 Å². The minimum atomic E-state index is -0.0539. The van der Waals surface area contributed by atoms with Gasteiger partial charge in [-0.25, -0.2) is 0 Å². The average molecular weight is 333 g/mol. The van der Waals surface area contributed by atoms with Crippen LogP contribution >= 0.6 is 11.6 Å². The second kappa shape index (κ2) is 9.18. The molecule has 23 heavy (non-hydrogen) atoms. The first-order valence-corrected chi connectivity index (χ1v) is 7.99. The lowest BCUT2D eigenvalue weighted by atomic mass is 10.2. The molecule has 0 saturated heterocycles. The Hall–Kier alpha value is -2.04. The van der Waals surface area contributed by atoms with Crippen LogP contribution in [-0.2, 0) is 11.3 Å². The van der Waals surface area contributed by atoms with Crippen molar-refractivity contribution in [3.8, 4) is 0 Å². The molecular weight excluding hydrogens is 312 g/mol. The quantitative estimate of drug-likeness (QED) is 0.781. The Morgan fingerprint density at radius 1 is 1.09 bits per heavy atom. The van der Waals surface area contributed by atoms with Gasteiger partial charge < -0.3 is 15.3 Å². The summed E-state index contributed by atoms with van der Waals surface area (Å²) in [5.74, 6) is -0.0539. The van der Waals surface area contributed by atoms with Crippen LogP contribution in [0.5, 0.6) is 0 Å². The van der Waals surface area contributed by atoms with Gasteiger partial charge in [0.2, 0.25) is 5.91 Å². The number of hydrogen-bond acceptors (Lipinski definition) is 3. The van der Waals surface area contributed by atoms with Crippen LogP contribution in [0, 0.1) is 0 Å². The molecule has 2 aromatic carbocycles. The fraction of sp³-hybridized carbons (Fsp3) is 0.278. The molecule has 0 aliphatic carbocycles. The predicted molar refractivity (Wildman–Crippen MR) is 93.7 cm³/mol. The molecule has 0 unspecified atom stereocenters. The number of benzene rings is 2. The number of anilines is 1. The Morgan fingerprint density at radius 2 is 1.78 bits per heavy atom. The van der Waals surface area contributed by atoms with E-state index in [9.17, 15) is 4.79 Å². The molecule has 0 aliphatic heterocycles. The molecule has 0 aromatic heterocycles. The molecule has 2 rings (SSSR count). The monoisotopic (exact) mass is 332 g/mol. The van der Waals surface area contributed by atoms with Crippen LogP contribution in [0.25, 0.3) is 0 Å². The molecule has 0 saturated carbocycles. The fourth-order valence-corrected chi connectivity index (χ4v) is 2.36. The van der Waals surface area contributed by atoms with Crippen LogP contribution in [0.2, 0.25) is 5.02 Å². The van der Waals surface area contributed by atoms with Crippen molar-refractivity contribution in [1.82, 2.24) is 5.32 Å². The highest BCUT2D eigenvalue weighted by Gasteiger charge is 2.11. The second-order valence-corrected chi connectivity index (χ2v) is 5.67. The first-order valence-electron chi connectivity index (χ1n) is 7.61. The highest BCUT2D eigenvalue weighted by Crippen LogP contribution is 2.13. The summed E-state index contributed by atoms with van der Waals surface area (Å²) in [6, 6.07) is 17.1. The number of para-hydroxylation sites is 1. The normalized spacial score (nSPS) is 10.3. The van der Waals surface area contributed by atoms with Crippen molar-refractivity contribution in [1.29, 1.82) is 0 Å². The topological polar surface area (TPSA) is 52.6 Å². The van der Waals surface area contributed by atoms with Gasteiger partial charge in [0.1, 0.15) is 0 Å². The first-order chi connectivity index (χ1) is 11.2. The lowest BCUT2D eigenvalue weighted by molar-refractivity contribution is -0.119. The molecule has 0 radical (unpaired) electrons. The molecule has 0 spiro atoms. The molecule has 1 amide bonds. The van der Waals surface area contributed by atoms with Crippen molar-refractivity contribution in [3.05, 3.63) is 65.2 Å². The summed E-state index contributed by atoms with van der Waals surface area (Å²) in [4.78, 5) is 14.2. The number of carbonyl (C=O) groups is 1. The number of nitrogens with zero attached hydrogens (tertiary/aromatic N) is 1. The highest BCUT2D eigenvalue weighted by molar-refractivity contribution is 6.30. The molecule has 0 bridgehead atoms. The van der Waals surface area contributed by atoms with E-state index in [4.69, 9.17) is 16.7 Å². The van der Waals surface area contributed by atoms with Crippen molar-refractivity contribution in [2.24, 2.45) is 0 Å². The van der Waals surface area contributed by atoms with E-state index in [2.05, 4.69) is 5.32 Å². The summed E-state index contributed by atoms with van der Waals surface area (Å²) in [6.45, 7) is 1.47. The van der Waals surface area contributed by atoms with Crippen molar-refractivity contribution < 1.29 is 9.90 Å². The van der Waals surface area contributed by atoms with Crippen LogP contribution in [-0.4, -0.2) is 30.7 Å². The molecule has 2 aromatic rings.